The topological polar surface area (TPSA) is 47.8 Å². The molecule has 17 heavy (non-hydrogen) atoms. The van der Waals surface area contributed by atoms with Crippen LogP contribution in [0.5, 0.6) is 0 Å². The van der Waals surface area contributed by atoms with Crippen LogP contribution in [0.4, 0.5) is 0 Å². The Morgan fingerprint density at radius 3 is 2.82 bits per heavy atom. The van der Waals surface area contributed by atoms with Crippen molar-refractivity contribution in [1.29, 1.82) is 0 Å². The maximum Gasteiger partial charge on any atom is 0.179 e. The number of rotatable bonds is 4. The molecule has 1 N–H and O–H groups in total. The molecule has 0 aromatic carbocycles. The molecule has 0 saturated heterocycles. The summed E-state index contributed by atoms with van der Waals surface area (Å²) in [6.45, 7) is 7.43. The Kier molecular flexibility index (Phi) is 3.35. The third kappa shape index (κ3) is 2.28. The molecule has 0 atom stereocenters. The molecule has 0 amide bonds. The number of aromatic nitrogens is 4. The average molecular weight is 254 g/mol. The summed E-state index contributed by atoms with van der Waals surface area (Å²) in [5.41, 5.74) is 3.01. The minimum atomic E-state index is 0.242. The second-order valence-electron chi connectivity index (χ2n) is 4.41. The number of nitrogens with zero attached hydrogens (tertiary/aromatic N) is 3. The highest BCUT2D eigenvalue weighted by atomic mass is 32.1. The molecule has 2 rings (SSSR count). The Morgan fingerprint density at radius 1 is 1.47 bits per heavy atom. The van der Waals surface area contributed by atoms with Crippen molar-refractivity contribution in [3.05, 3.63) is 10.5 Å². The number of aryl methyl sites for hydroxylation is 2. The zero-order valence-corrected chi connectivity index (χ0v) is 11.5. The van der Waals surface area contributed by atoms with Crippen LogP contribution in [-0.2, 0) is 18.3 Å². The van der Waals surface area contributed by atoms with Crippen LogP contribution in [-0.4, -0.2) is 32.0 Å². The monoisotopic (exact) mass is 254 g/mol. The van der Waals surface area contributed by atoms with Gasteiger partial charge in [-0.25, -0.2) is 0 Å². The Hall–Kier alpha value is -1.14. The lowest BCUT2D eigenvalue weighted by atomic mass is 10.4. The summed E-state index contributed by atoms with van der Waals surface area (Å²) in [4.78, 5) is 3.19. The first-order valence-electron chi connectivity index (χ1n) is 5.74. The van der Waals surface area contributed by atoms with Gasteiger partial charge in [-0.05, 0) is 33.0 Å². The van der Waals surface area contributed by atoms with Crippen LogP contribution in [0, 0.1) is 11.7 Å². The van der Waals surface area contributed by atoms with Gasteiger partial charge in [-0.1, -0.05) is 0 Å². The van der Waals surface area contributed by atoms with Crippen molar-refractivity contribution >= 4 is 23.4 Å². The molecule has 2 aromatic heterocycles. The quantitative estimate of drug-likeness (QED) is 0.851. The Morgan fingerprint density at radius 2 is 2.18 bits per heavy atom. The first-order valence-corrected chi connectivity index (χ1v) is 6.15. The third-order valence-corrected chi connectivity index (χ3v) is 3.01. The summed E-state index contributed by atoms with van der Waals surface area (Å²) in [6.07, 6.45) is 0.242. The van der Waals surface area contributed by atoms with Crippen molar-refractivity contribution < 1.29 is 4.74 Å². The maximum atomic E-state index is 5.56. The summed E-state index contributed by atoms with van der Waals surface area (Å²) < 4.78 is 10.2. The molecule has 0 radical (unpaired) electrons. The van der Waals surface area contributed by atoms with Crippen molar-refractivity contribution in [3.8, 4) is 0 Å². The van der Waals surface area contributed by atoms with Crippen molar-refractivity contribution in [2.75, 3.05) is 6.61 Å². The Balaban J connectivity index is 2.33. The van der Waals surface area contributed by atoms with E-state index in [1.165, 1.54) is 0 Å². The highest BCUT2D eigenvalue weighted by molar-refractivity contribution is 7.71. The molecular formula is C11H18N4OS. The SMILES string of the molecule is Cc1nn(C)c2c1[nH]c(=S)n2CCOC(C)C. The van der Waals surface area contributed by atoms with E-state index >= 15 is 0 Å². The molecule has 6 heteroatoms. The first-order chi connectivity index (χ1) is 8.00. The van der Waals surface area contributed by atoms with Crippen molar-refractivity contribution in [1.82, 2.24) is 19.3 Å². The van der Waals surface area contributed by atoms with Gasteiger partial charge in [-0.2, -0.15) is 5.10 Å². The zero-order valence-electron chi connectivity index (χ0n) is 10.6. The number of H-pyrrole nitrogens is 1. The highest BCUT2D eigenvalue weighted by Gasteiger charge is 2.12. The van der Waals surface area contributed by atoms with Gasteiger partial charge >= 0.3 is 0 Å². The lowest BCUT2D eigenvalue weighted by molar-refractivity contribution is 0.0729. The molecule has 0 fully saturated rings. The minimum absolute atomic E-state index is 0.242. The number of imidazole rings is 1. The van der Waals surface area contributed by atoms with Crippen LogP contribution in [0.15, 0.2) is 0 Å². The Bertz CT molecular complexity index is 578. The van der Waals surface area contributed by atoms with Crippen molar-refractivity contribution in [2.45, 2.75) is 33.4 Å². The van der Waals surface area contributed by atoms with Gasteiger partial charge in [0.15, 0.2) is 10.4 Å². The standard InChI is InChI=1S/C11H18N4OS/c1-7(2)16-6-5-15-10-9(12-11(15)17)8(3)13-14(10)4/h7H,5-6H2,1-4H3,(H,12,17). The van der Waals surface area contributed by atoms with E-state index in [1.54, 1.807) is 0 Å². The molecule has 0 spiro atoms. The van der Waals surface area contributed by atoms with E-state index in [2.05, 4.69) is 10.1 Å². The molecule has 0 saturated carbocycles. The molecule has 0 aliphatic rings. The van der Waals surface area contributed by atoms with E-state index in [0.717, 1.165) is 28.2 Å². The molecule has 94 valence electrons. The van der Waals surface area contributed by atoms with Gasteiger partial charge in [0.25, 0.3) is 0 Å². The van der Waals surface area contributed by atoms with Gasteiger partial charge in [-0.3, -0.25) is 9.25 Å². The maximum absolute atomic E-state index is 5.56. The minimum Gasteiger partial charge on any atom is -0.377 e. The van der Waals surface area contributed by atoms with Gasteiger partial charge in [0.2, 0.25) is 0 Å². The first kappa shape index (κ1) is 12.3. The molecule has 2 heterocycles. The normalized spacial score (nSPS) is 11.8. The van der Waals surface area contributed by atoms with Gasteiger partial charge in [0, 0.05) is 7.05 Å². The lowest BCUT2D eigenvalue weighted by Crippen LogP contribution is -2.12. The number of nitrogens with one attached hydrogen (secondary N) is 1. The van der Waals surface area contributed by atoms with Gasteiger partial charge in [-0.15, -0.1) is 0 Å². The third-order valence-electron chi connectivity index (χ3n) is 2.69. The number of aromatic amines is 1. The summed E-state index contributed by atoms with van der Waals surface area (Å²) in [5.74, 6) is 0. The van der Waals surface area contributed by atoms with E-state index < -0.39 is 0 Å². The summed E-state index contributed by atoms with van der Waals surface area (Å²) >= 11 is 5.32. The van der Waals surface area contributed by atoms with E-state index in [0.29, 0.717) is 6.61 Å². The van der Waals surface area contributed by atoms with Gasteiger partial charge in [0.1, 0.15) is 5.52 Å². The van der Waals surface area contributed by atoms with Crippen LogP contribution in [0.1, 0.15) is 19.5 Å². The smallest absolute Gasteiger partial charge is 0.179 e. The van der Waals surface area contributed by atoms with E-state index in [4.69, 9.17) is 17.0 Å². The Labute approximate surface area is 105 Å². The van der Waals surface area contributed by atoms with Crippen LogP contribution in [0.3, 0.4) is 0 Å². The number of ether oxygens (including phenoxy) is 1. The second kappa shape index (κ2) is 4.62. The lowest BCUT2D eigenvalue weighted by Gasteiger charge is -2.08. The van der Waals surface area contributed by atoms with Crippen LogP contribution < -0.4 is 0 Å². The molecule has 2 aromatic rings. The van der Waals surface area contributed by atoms with Gasteiger partial charge < -0.3 is 9.72 Å². The summed E-state index contributed by atoms with van der Waals surface area (Å²) in [7, 11) is 1.93. The average Bonchev–Trinajstić information content (AvgIpc) is 2.68. The van der Waals surface area contributed by atoms with E-state index in [-0.39, 0.29) is 6.10 Å². The largest absolute Gasteiger partial charge is 0.377 e. The highest BCUT2D eigenvalue weighted by Crippen LogP contribution is 2.16. The van der Waals surface area contributed by atoms with Crippen LogP contribution in [0.2, 0.25) is 0 Å². The predicted octanol–water partition coefficient (Wildman–Crippen LogP) is 2.17. The fourth-order valence-corrected chi connectivity index (χ4v) is 2.24. The molecule has 0 unspecified atom stereocenters. The fraction of sp³-hybridized carbons (Fsp3) is 0.636. The van der Waals surface area contributed by atoms with Gasteiger partial charge in [0.05, 0.1) is 24.9 Å². The second-order valence-corrected chi connectivity index (χ2v) is 4.80. The molecule has 0 aliphatic carbocycles. The zero-order chi connectivity index (χ0) is 12.6. The van der Waals surface area contributed by atoms with Crippen LogP contribution in [0.25, 0.3) is 11.2 Å². The molecular weight excluding hydrogens is 236 g/mol. The fourth-order valence-electron chi connectivity index (χ4n) is 1.96. The number of hydrogen-bond donors (Lipinski definition) is 1. The number of hydrogen-bond acceptors (Lipinski definition) is 3. The van der Waals surface area contributed by atoms with Crippen molar-refractivity contribution in [2.24, 2.45) is 7.05 Å². The van der Waals surface area contributed by atoms with Crippen LogP contribution >= 0.6 is 12.2 Å². The van der Waals surface area contributed by atoms with Crippen molar-refractivity contribution in [3.63, 3.8) is 0 Å². The molecule has 0 aliphatic heterocycles. The summed E-state index contributed by atoms with van der Waals surface area (Å²) in [6, 6.07) is 0. The predicted molar refractivity (Wildman–Crippen MR) is 69.7 cm³/mol. The summed E-state index contributed by atoms with van der Waals surface area (Å²) in [5, 5.41) is 4.37. The molecule has 5 nitrogen and oxygen atoms in total. The molecule has 0 bridgehead atoms. The number of fused-ring (bicyclic) bond motifs is 1. The van der Waals surface area contributed by atoms with E-state index in [9.17, 15) is 0 Å². The van der Waals surface area contributed by atoms with E-state index in [1.807, 2.05) is 37.1 Å².